The number of benzene rings is 1. The first-order chi connectivity index (χ1) is 10.3. The largest absolute Gasteiger partial charge is 0.391 e. The molecule has 5 nitrogen and oxygen atoms in total. The number of aliphatic hydroxyl groups is 1. The second kappa shape index (κ2) is 8.36. The summed E-state index contributed by atoms with van der Waals surface area (Å²) in [7, 11) is 1.62. The molecule has 2 atom stereocenters. The number of nitrogens with zero attached hydrogens (tertiary/aromatic N) is 1. The molecule has 7 heteroatoms. The van der Waals surface area contributed by atoms with Crippen LogP contribution in [0.4, 0.5) is 0 Å². The third-order valence-electron chi connectivity index (χ3n) is 3.14. The maximum Gasteiger partial charge on any atom is 0.253 e. The van der Waals surface area contributed by atoms with Crippen molar-refractivity contribution in [2.45, 2.75) is 32.4 Å². The zero-order valence-electron chi connectivity index (χ0n) is 12.8. The highest BCUT2D eigenvalue weighted by atomic mass is 35.5. The molecule has 2 amide bonds. The summed E-state index contributed by atoms with van der Waals surface area (Å²) in [5, 5.41) is 12.9. The molecular weight excluding hydrogens is 327 g/mol. The minimum Gasteiger partial charge on any atom is -0.391 e. The van der Waals surface area contributed by atoms with E-state index in [1.54, 1.807) is 13.1 Å². The molecule has 0 spiro atoms. The molecule has 0 bridgehead atoms. The Balaban J connectivity index is 2.93. The maximum atomic E-state index is 12.3. The molecule has 0 aliphatic carbocycles. The Hall–Kier alpha value is -1.30. The first kappa shape index (κ1) is 18.7. The second-order valence-corrected chi connectivity index (χ2v) is 5.92. The van der Waals surface area contributed by atoms with Crippen molar-refractivity contribution in [3.8, 4) is 0 Å². The van der Waals surface area contributed by atoms with E-state index in [1.807, 2.05) is 6.92 Å². The minimum atomic E-state index is -1.04. The van der Waals surface area contributed by atoms with Crippen LogP contribution in [0.1, 0.15) is 30.6 Å². The van der Waals surface area contributed by atoms with Gasteiger partial charge < -0.3 is 15.3 Å². The lowest BCUT2D eigenvalue weighted by Crippen LogP contribution is -2.53. The van der Waals surface area contributed by atoms with Crippen molar-refractivity contribution in [3.05, 3.63) is 33.8 Å². The number of hydrogen-bond donors (Lipinski definition) is 2. The molecule has 1 aromatic rings. The Bertz CT molecular complexity index is 550. The lowest BCUT2D eigenvalue weighted by molar-refractivity contribution is -0.134. The Labute approximate surface area is 140 Å². The van der Waals surface area contributed by atoms with Crippen LogP contribution in [0.15, 0.2) is 18.2 Å². The van der Waals surface area contributed by atoms with E-state index in [1.165, 1.54) is 24.0 Å². The molecule has 0 aromatic heterocycles. The van der Waals surface area contributed by atoms with Gasteiger partial charge in [-0.25, -0.2) is 0 Å². The quantitative estimate of drug-likeness (QED) is 0.830. The summed E-state index contributed by atoms with van der Waals surface area (Å²) in [5.74, 6) is -0.917. The zero-order chi connectivity index (χ0) is 16.9. The van der Waals surface area contributed by atoms with Crippen LogP contribution in [-0.4, -0.2) is 47.6 Å². The van der Waals surface area contributed by atoms with Gasteiger partial charge in [-0.2, -0.15) is 0 Å². The van der Waals surface area contributed by atoms with Gasteiger partial charge in [-0.1, -0.05) is 30.1 Å². The van der Waals surface area contributed by atoms with E-state index >= 15 is 0 Å². The summed E-state index contributed by atoms with van der Waals surface area (Å²) >= 11 is 11.8. The number of carbonyl (C=O) groups excluding carboxylic acids is 2. The molecular formula is C15H20Cl2N2O3. The fraction of sp³-hybridized carbons (Fsp3) is 0.467. The minimum absolute atomic E-state index is 0.158. The Morgan fingerprint density at radius 1 is 1.36 bits per heavy atom. The van der Waals surface area contributed by atoms with Gasteiger partial charge in [0.05, 0.1) is 16.7 Å². The normalized spacial score (nSPS) is 13.4. The van der Waals surface area contributed by atoms with Crippen LogP contribution in [0.2, 0.25) is 10.0 Å². The van der Waals surface area contributed by atoms with E-state index in [-0.39, 0.29) is 16.5 Å². The van der Waals surface area contributed by atoms with Gasteiger partial charge in [0, 0.05) is 18.6 Å². The lowest BCUT2D eigenvalue weighted by atomic mass is 10.1. The smallest absolute Gasteiger partial charge is 0.253 e. The van der Waals surface area contributed by atoms with Gasteiger partial charge >= 0.3 is 0 Å². The summed E-state index contributed by atoms with van der Waals surface area (Å²) in [4.78, 5) is 26.0. The number of rotatable bonds is 6. The van der Waals surface area contributed by atoms with Crippen molar-refractivity contribution in [2.75, 3.05) is 13.6 Å². The number of halogens is 2. The van der Waals surface area contributed by atoms with Crippen molar-refractivity contribution in [3.63, 3.8) is 0 Å². The molecule has 0 saturated heterocycles. The van der Waals surface area contributed by atoms with E-state index < -0.39 is 18.1 Å². The molecule has 0 heterocycles. The van der Waals surface area contributed by atoms with Crippen LogP contribution in [-0.2, 0) is 4.79 Å². The molecule has 0 radical (unpaired) electrons. The predicted molar refractivity (Wildman–Crippen MR) is 87.3 cm³/mol. The summed E-state index contributed by atoms with van der Waals surface area (Å²) in [6.45, 7) is 3.92. The van der Waals surface area contributed by atoms with E-state index in [4.69, 9.17) is 23.2 Å². The highest BCUT2D eigenvalue weighted by Gasteiger charge is 2.28. The molecule has 22 heavy (non-hydrogen) atoms. The van der Waals surface area contributed by atoms with Gasteiger partial charge in [0.1, 0.15) is 6.04 Å². The lowest BCUT2D eigenvalue weighted by Gasteiger charge is -2.26. The number of likely N-dealkylation sites (N-methyl/N-ethyl adjacent to an activating group) is 1. The van der Waals surface area contributed by atoms with Crippen LogP contribution in [0.3, 0.4) is 0 Å². The second-order valence-electron chi connectivity index (χ2n) is 5.08. The first-order valence-electron chi connectivity index (χ1n) is 6.96. The average molecular weight is 347 g/mol. The van der Waals surface area contributed by atoms with Gasteiger partial charge in [-0.15, -0.1) is 0 Å². The molecule has 0 aliphatic rings. The van der Waals surface area contributed by atoms with Gasteiger partial charge in [-0.05, 0) is 31.5 Å². The van der Waals surface area contributed by atoms with E-state index in [0.29, 0.717) is 11.6 Å². The number of nitrogens with one attached hydrogen (secondary N) is 1. The number of aliphatic hydroxyl groups excluding tert-OH is 1. The predicted octanol–water partition coefficient (Wildman–Crippen LogP) is 2.34. The molecule has 2 unspecified atom stereocenters. The van der Waals surface area contributed by atoms with Crippen molar-refractivity contribution >= 4 is 35.0 Å². The van der Waals surface area contributed by atoms with E-state index in [2.05, 4.69) is 5.32 Å². The van der Waals surface area contributed by atoms with Crippen LogP contribution < -0.4 is 5.32 Å². The van der Waals surface area contributed by atoms with Gasteiger partial charge in [0.25, 0.3) is 5.91 Å². The van der Waals surface area contributed by atoms with Crippen molar-refractivity contribution in [1.82, 2.24) is 10.2 Å². The van der Waals surface area contributed by atoms with Crippen LogP contribution >= 0.6 is 23.2 Å². The number of hydrogen-bond acceptors (Lipinski definition) is 3. The standard InChI is InChI=1S/C15H20Cl2N2O3/c1-4-7-19(3)15(22)13(9(2)20)18-14(21)11-8-10(16)5-6-12(11)17/h5-6,8-9,13,20H,4,7H2,1-3H3,(H,18,21). The Morgan fingerprint density at radius 2 is 2.00 bits per heavy atom. The topological polar surface area (TPSA) is 69.6 Å². The number of carbonyl (C=O) groups is 2. The molecule has 0 fully saturated rings. The molecule has 1 rings (SSSR count). The molecule has 2 N–H and O–H groups in total. The molecule has 1 aromatic carbocycles. The first-order valence-corrected chi connectivity index (χ1v) is 7.72. The van der Waals surface area contributed by atoms with Crippen LogP contribution in [0.5, 0.6) is 0 Å². The van der Waals surface area contributed by atoms with Gasteiger partial charge in [-0.3, -0.25) is 9.59 Å². The molecule has 0 aliphatic heterocycles. The van der Waals surface area contributed by atoms with E-state index in [0.717, 1.165) is 6.42 Å². The number of amides is 2. The fourth-order valence-electron chi connectivity index (χ4n) is 1.96. The van der Waals surface area contributed by atoms with Crippen molar-refractivity contribution < 1.29 is 14.7 Å². The van der Waals surface area contributed by atoms with Crippen LogP contribution in [0.25, 0.3) is 0 Å². The third kappa shape index (κ3) is 4.87. The van der Waals surface area contributed by atoms with Gasteiger partial charge in [0.15, 0.2) is 0 Å². The van der Waals surface area contributed by atoms with E-state index in [9.17, 15) is 14.7 Å². The average Bonchev–Trinajstić information content (AvgIpc) is 2.46. The summed E-state index contributed by atoms with van der Waals surface area (Å²) < 4.78 is 0. The Kier molecular flexibility index (Phi) is 7.13. The molecule has 0 saturated carbocycles. The summed E-state index contributed by atoms with van der Waals surface area (Å²) in [5.41, 5.74) is 0.158. The summed E-state index contributed by atoms with van der Waals surface area (Å²) in [6.07, 6.45) is -0.253. The summed E-state index contributed by atoms with van der Waals surface area (Å²) in [6, 6.07) is 3.44. The van der Waals surface area contributed by atoms with Crippen molar-refractivity contribution in [1.29, 1.82) is 0 Å². The Morgan fingerprint density at radius 3 is 2.55 bits per heavy atom. The van der Waals surface area contributed by atoms with Gasteiger partial charge in [0.2, 0.25) is 5.91 Å². The highest BCUT2D eigenvalue weighted by Crippen LogP contribution is 2.20. The molecule has 122 valence electrons. The monoisotopic (exact) mass is 346 g/mol. The fourth-order valence-corrected chi connectivity index (χ4v) is 2.34. The SMILES string of the molecule is CCCN(C)C(=O)C(NC(=O)c1cc(Cl)ccc1Cl)C(C)O. The highest BCUT2D eigenvalue weighted by molar-refractivity contribution is 6.35. The maximum absolute atomic E-state index is 12.3. The zero-order valence-corrected chi connectivity index (χ0v) is 14.3. The van der Waals surface area contributed by atoms with Crippen LogP contribution in [0, 0.1) is 0 Å². The third-order valence-corrected chi connectivity index (χ3v) is 3.71. The van der Waals surface area contributed by atoms with Crippen molar-refractivity contribution in [2.24, 2.45) is 0 Å².